The number of nitrogens with one attached hydrogen (secondary N) is 2. The van der Waals surface area contributed by atoms with Gasteiger partial charge in [0, 0.05) is 29.4 Å². The van der Waals surface area contributed by atoms with Crippen LogP contribution in [0.15, 0.2) is 64.3 Å². The first kappa shape index (κ1) is 21.4. The van der Waals surface area contributed by atoms with Crippen molar-refractivity contribution in [2.24, 2.45) is 0 Å². The molecule has 0 aliphatic rings. The van der Waals surface area contributed by atoms with Crippen molar-refractivity contribution in [3.05, 3.63) is 76.5 Å². The van der Waals surface area contributed by atoms with Crippen LogP contribution in [0.2, 0.25) is 0 Å². The zero-order valence-electron chi connectivity index (χ0n) is 16.3. The number of halogens is 1. The van der Waals surface area contributed by atoms with Gasteiger partial charge in [-0.3, -0.25) is 9.59 Å². The number of aryl methyl sites for hydroxylation is 1. The van der Waals surface area contributed by atoms with Crippen LogP contribution in [0, 0.1) is 12.7 Å². The lowest BCUT2D eigenvalue weighted by atomic mass is 10.1. The van der Waals surface area contributed by atoms with Crippen molar-refractivity contribution in [3.63, 3.8) is 0 Å². The number of amides is 1. The number of H-pyrrole nitrogens is 1. The van der Waals surface area contributed by atoms with Gasteiger partial charge in [0.05, 0.1) is 10.1 Å². The molecule has 2 aromatic carbocycles. The highest BCUT2D eigenvalue weighted by atomic mass is 32.2. The fourth-order valence-corrected chi connectivity index (χ4v) is 4.25. The van der Waals surface area contributed by atoms with Gasteiger partial charge in [-0.1, -0.05) is 12.1 Å². The van der Waals surface area contributed by atoms with E-state index in [-0.39, 0.29) is 16.9 Å². The Bertz CT molecular complexity index is 1240. The van der Waals surface area contributed by atoms with E-state index in [0.717, 1.165) is 12.1 Å². The second-order valence-electron chi connectivity index (χ2n) is 6.88. The van der Waals surface area contributed by atoms with Gasteiger partial charge in [-0.05, 0) is 50.2 Å². The van der Waals surface area contributed by atoms with Crippen molar-refractivity contribution in [2.75, 3.05) is 5.32 Å². The highest BCUT2D eigenvalue weighted by Crippen LogP contribution is 2.21. The SMILES string of the molecule is Cc1cc(=O)[nH]c(-c2cccc(NC(=O)CC(C)S(=O)(=O)c3ccc(F)cc3)c2)n1. The molecule has 156 valence electrons. The van der Waals surface area contributed by atoms with E-state index in [0.29, 0.717) is 22.8 Å². The topological polar surface area (TPSA) is 109 Å². The third-order valence-electron chi connectivity index (χ3n) is 4.43. The number of hydrogen-bond donors (Lipinski definition) is 2. The molecule has 0 aliphatic carbocycles. The van der Waals surface area contributed by atoms with Gasteiger partial charge in [-0.15, -0.1) is 0 Å². The first-order chi connectivity index (χ1) is 14.1. The highest BCUT2D eigenvalue weighted by molar-refractivity contribution is 7.92. The molecular formula is C21H20FN3O4S. The Morgan fingerprint density at radius 3 is 2.53 bits per heavy atom. The quantitative estimate of drug-likeness (QED) is 0.586. The average molecular weight is 429 g/mol. The number of benzene rings is 2. The van der Waals surface area contributed by atoms with Crippen LogP contribution in [0.25, 0.3) is 11.4 Å². The number of anilines is 1. The summed E-state index contributed by atoms with van der Waals surface area (Å²) in [5.41, 5.74) is 1.31. The maximum atomic E-state index is 13.0. The van der Waals surface area contributed by atoms with Gasteiger partial charge in [0.2, 0.25) is 5.91 Å². The number of nitrogens with zero attached hydrogens (tertiary/aromatic N) is 1. The van der Waals surface area contributed by atoms with Crippen molar-refractivity contribution < 1.29 is 17.6 Å². The molecule has 1 unspecified atom stereocenters. The standard InChI is InChI=1S/C21H20FN3O4S/c1-13-10-19(26)25-21(23-13)15-4-3-5-17(12-15)24-20(27)11-14(2)30(28,29)18-8-6-16(22)7-9-18/h3-10,12,14H,11H2,1-2H3,(H,24,27)(H,23,25,26). The van der Waals surface area contributed by atoms with Gasteiger partial charge in [0.15, 0.2) is 9.84 Å². The van der Waals surface area contributed by atoms with Crippen LogP contribution in [0.1, 0.15) is 19.0 Å². The fraction of sp³-hybridized carbons (Fsp3) is 0.190. The van der Waals surface area contributed by atoms with E-state index in [9.17, 15) is 22.4 Å². The molecule has 0 radical (unpaired) electrons. The molecule has 9 heteroatoms. The number of aromatic amines is 1. The predicted molar refractivity (Wildman–Crippen MR) is 111 cm³/mol. The van der Waals surface area contributed by atoms with E-state index >= 15 is 0 Å². The van der Waals surface area contributed by atoms with Crippen molar-refractivity contribution in [1.29, 1.82) is 0 Å². The zero-order valence-corrected chi connectivity index (χ0v) is 17.2. The maximum absolute atomic E-state index is 13.0. The predicted octanol–water partition coefficient (Wildman–Crippen LogP) is 3.08. The fourth-order valence-electron chi connectivity index (χ4n) is 2.90. The van der Waals surface area contributed by atoms with E-state index < -0.39 is 26.8 Å². The molecule has 1 heterocycles. The molecule has 0 saturated carbocycles. The minimum atomic E-state index is -3.78. The number of carbonyl (C=O) groups is 1. The molecule has 7 nitrogen and oxygen atoms in total. The smallest absolute Gasteiger partial charge is 0.251 e. The van der Waals surface area contributed by atoms with Gasteiger partial charge in [-0.25, -0.2) is 17.8 Å². The van der Waals surface area contributed by atoms with Crippen LogP contribution in [-0.2, 0) is 14.6 Å². The average Bonchev–Trinajstić information content (AvgIpc) is 2.67. The molecule has 1 aromatic heterocycles. The molecule has 0 bridgehead atoms. The number of hydrogen-bond acceptors (Lipinski definition) is 5. The molecular weight excluding hydrogens is 409 g/mol. The summed E-state index contributed by atoms with van der Waals surface area (Å²) in [4.78, 5) is 30.9. The highest BCUT2D eigenvalue weighted by Gasteiger charge is 2.25. The van der Waals surface area contributed by atoms with E-state index in [2.05, 4.69) is 15.3 Å². The van der Waals surface area contributed by atoms with Crippen molar-refractivity contribution >= 4 is 21.4 Å². The van der Waals surface area contributed by atoms with Crippen molar-refractivity contribution in [1.82, 2.24) is 9.97 Å². The summed E-state index contributed by atoms with van der Waals surface area (Å²) in [6.07, 6.45) is -0.274. The molecule has 0 saturated heterocycles. The molecule has 0 fully saturated rings. The minimum absolute atomic E-state index is 0.0410. The Kier molecular flexibility index (Phi) is 6.12. The minimum Gasteiger partial charge on any atom is -0.326 e. The summed E-state index contributed by atoms with van der Waals surface area (Å²) in [6, 6.07) is 12.6. The zero-order chi connectivity index (χ0) is 21.9. The van der Waals surface area contributed by atoms with E-state index in [1.807, 2.05) is 0 Å². The maximum Gasteiger partial charge on any atom is 0.251 e. The van der Waals surface area contributed by atoms with E-state index in [1.54, 1.807) is 31.2 Å². The Hall–Kier alpha value is -3.33. The monoisotopic (exact) mass is 429 g/mol. The van der Waals surface area contributed by atoms with Crippen LogP contribution >= 0.6 is 0 Å². The van der Waals surface area contributed by atoms with Crippen LogP contribution < -0.4 is 10.9 Å². The summed E-state index contributed by atoms with van der Waals surface area (Å²) in [5, 5.41) is 1.66. The third kappa shape index (κ3) is 4.98. The lowest BCUT2D eigenvalue weighted by molar-refractivity contribution is -0.116. The summed E-state index contributed by atoms with van der Waals surface area (Å²) in [6.45, 7) is 3.13. The van der Waals surface area contributed by atoms with E-state index in [1.165, 1.54) is 25.1 Å². The number of rotatable bonds is 6. The summed E-state index contributed by atoms with van der Waals surface area (Å²) in [7, 11) is -3.78. The Labute approximate surface area is 172 Å². The van der Waals surface area contributed by atoms with Crippen LogP contribution in [0.3, 0.4) is 0 Å². The van der Waals surface area contributed by atoms with Crippen LogP contribution in [-0.4, -0.2) is 29.5 Å². The summed E-state index contributed by atoms with van der Waals surface area (Å²) < 4.78 is 38.2. The van der Waals surface area contributed by atoms with Crippen LogP contribution in [0.4, 0.5) is 10.1 Å². The first-order valence-corrected chi connectivity index (χ1v) is 10.7. The van der Waals surface area contributed by atoms with Gasteiger partial charge in [0.25, 0.3) is 5.56 Å². The molecule has 3 aromatic rings. The molecule has 30 heavy (non-hydrogen) atoms. The molecule has 1 atom stereocenters. The van der Waals surface area contributed by atoms with Gasteiger partial charge in [-0.2, -0.15) is 0 Å². The largest absolute Gasteiger partial charge is 0.326 e. The second-order valence-corrected chi connectivity index (χ2v) is 9.24. The lowest BCUT2D eigenvalue weighted by Crippen LogP contribution is -2.25. The molecule has 1 amide bonds. The Morgan fingerprint density at radius 2 is 1.87 bits per heavy atom. The summed E-state index contributed by atoms with van der Waals surface area (Å²) in [5.74, 6) is -0.664. The molecule has 0 spiro atoms. The van der Waals surface area contributed by atoms with Crippen LogP contribution in [0.5, 0.6) is 0 Å². The Morgan fingerprint density at radius 1 is 1.17 bits per heavy atom. The van der Waals surface area contributed by atoms with Gasteiger partial charge >= 0.3 is 0 Å². The summed E-state index contributed by atoms with van der Waals surface area (Å²) >= 11 is 0. The second kappa shape index (κ2) is 8.58. The van der Waals surface area contributed by atoms with Gasteiger partial charge in [0.1, 0.15) is 11.6 Å². The third-order valence-corrected chi connectivity index (χ3v) is 6.59. The number of carbonyl (C=O) groups excluding carboxylic acids is 1. The van der Waals surface area contributed by atoms with E-state index in [4.69, 9.17) is 0 Å². The normalized spacial score (nSPS) is 12.4. The Balaban J connectivity index is 1.73. The molecule has 0 aliphatic heterocycles. The number of sulfone groups is 1. The number of aromatic nitrogens is 2. The van der Waals surface area contributed by atoms with Crippen molar-refractivity contribution in [2.45, 2.75) is 30.4 Å². The molecule has 2 N–H and O–H groups in total. The lowest BCUT2D eigenvalue weighted by Gasteiger charge is -2.13. The van der Waals surface area contributed by atoms with Gasteiger partial charge < -0.3 is 10.3 Å². The molecule has 3 rings (SSSR count). The first-order valence-electron chi connectivity index (χ1n) is 9.13. The van der Waals surface area contributed by atoms with Crippen molar-refractivity contribution in [3.8, 4) is 11.4 Å².